The van der Waals surface area contributed by atoms with Crippen LogP contribution in [0.1, 0.15) is 18.9 Å². The van der Waals surface area contributed by atoms with E-state index in [1.165, 1.54) is 20.2 Å². The van der Waals surface area contributed by atoms with Gasteiger partial charge in [0.15, 0.2) is 16.7 Å². The van der Waals surface area contributed by atoms with Crippen molar-refractivity contribution < 1.29 is 33.7 Å². The van der Waals surface area contributed by atoms with Crippen molar-refractivity contribution in [2.24, 2.45) is 10.2 Å². The molecular weight excluding hydrogens is 470 g/mol. The summed E-state index contributed by atoms with van der Waals surface area (Å²) in [5, 5.41) is 18.6. The van der Waals surface area contributed by atoms with Gasteiger partial charge in [0.05, 0.1) is 19.7 Å². The Morgan fingerprint density at radius 3 is 2.76 bits per heavy atom. The lowest BCUT2D eigenvalue weighted by atomic mass is 10.2. The van der Waals surface area contributed by atoms with Crippen LogP contribution < -0.4 is 14.8 Å². The molecule has 1 saturated heterocycles. The molecule has 156 valence electrons. The molecule has 29 heavy (non-hydrogen) atoms. The average Bonchev–Trinajstić information content (AvgIpc) is 2.98. The van der Waals surface area contributed by atoms with Gasteiger partial charge in [-0.25, -0.2) is 0 Å². The number of rotatable bonds is 9. The van der Waals surface area contributed by atoms with Crippen molar-refractivity contribution in [3.8, 4) is 11.5 Å². The summed E-state index contributed by atoms with van der Waals surface area (Å²) < 4.78 is 16.3. The molecule has 0 saturated carbocycles. The van der Waals surface area contributed by atoms with E-state index in [0.29, 0.717) is 21.5 Å². The van der Waals surface area contributed by atoms with Crippen molar-refractivity contribution >= 4 is 56.9 Å². The first kappa shape index (κ1) is 22.7. The third kappa shape index (κ3) is 7.06. The maximum Gasteiger partial charge on any atom is 0.305 e. The monoisotopic (exact) mass is 487 g/mol. The van der Waals surface area contributed by atoms with E-state index in [-0.39, 0.29) is 30.8 Å². The zero-order chi connectivity index (χ0) is 21.4. The molecule has 12 heteroatoms. The van der Waals surface area contributed by atoms with Gasteiger partial charge in [0, 0.05) is 17.0 Å². The molecule has 0 aliphatic carbocycles. The summed E-state index contributed by atoms with van der Waals surface area (Å²) in [5.74, 6) is -0.973. The van der Waals surface area contributed by atoms with E-state index < -0.39 is 17.1 Å². The molecule has 1 aliphatic rings. The summed E-state index contributed by atoms with van der Waals surface area (Å²) in [6, 6.07) is 3.35. The maximum absolute atomic E-state index is 11.7. The standard InChI is InChI=1S/C17H18BrN3O7S/c1-9(22)27-3-4-28-13-6-11(18)10(5-12(13)26-2)8-19-21-17-20-16(25)14(29-17)7-15(23)24/h5-6,8,14H,3-4,7H2,1-2H3,(H,23,24)(H,20,21,25). The summed E-state index contributed by atoms with van der Waals surface area (Å²) in [6.07, 6.45) is 1.15. The van der Waals surface area contributed by atoms with Gasteiger partial charge in [0.2, 0.25) is 5.91 Å². The predicted molar refractivity (Wildman–Crippen MR) is 110 cm³/mol. The number of nitrogens with zero attached hydrogens (tertiary/aromatic N) is 2. The number of carboxylic acid groups (broad SMARTS) is 1. The molecule has 0 radical (unpaired) electrons. The van der Waals surface area contributed by atoms with Gasteiger partial charge >= 0.3 is 11.9 Å². The number of hydrogen-bond acceptors (Lipinski definition) is 9. The minimum atomic E-state index is -1.06. The minimum absolute atomic E-state index is 0.114. The Balaban J connectivity index is 2.04. The smallest absolute Gasteiger partial charge is 0.305 e. The van der Waals surface area contributed by atoms with E-state index in [1.807, 2.05) is 0 Å². The van der Waals surface area contributed by atoms with Crippen LogP contribution in [-0.2, 0) is 19.1 Å². The van der Waals surface area contributed by atoms with Gasteiger partial charge in [0.1, 0.15) is 18.5 Å². The number of carbonyl (C=O) groups is 3. The molecule has 0 spiro atoms. The van der Waals surface area contributed by atoms with Gasteiger partial charge in [-0.05, 0) is 28.1 Å². The number of ether oxygens (including phenoxy) is 3. The number of nitrogens with one attached hydrogen (secondary N) is 1. The molecule has 1 amide bonds. The van der Waals surface area contributed by atoms with Crippen molar-refractivity contribution in [3.05, 3.63) is 22.2 Å². The quantitative estimate of drug-likeness (QED) is 0.233. The highest BCUT2D eigenvalue weighted by Crippen LogP contribution is 2.33. The molecule has 1 heterocycles. The number of hydrogen-bond donors (Lipinski definition) is 2. The van der Waals surface area contributed by atoms with E-state index in [2.05, 4.69) is 31.4 Å². The van der Waals surface area contributed by atoms with Crippen LogP contribution >= 0.6 is 27.7 Å². The number of thioether (sulfide) groups is 1. The van der Waals surface area contributed by atoms with Gasteiger partial charge in [-0.2, -0.15) is 5.10 Å². The third-order valence-electron chi connectivity index (χ3n) is 3.41. The Labute approximate surface area is 178 Å². The lowest BCUT2D eigenvalue weighted by Gasteiger charge is -2.12. The summed E-state index contributed by atoms with van der Waals surface area (Å²) in [7, 11) is 1.48. The van der Waals surface area contributed by atoms with Gasteiger partial charge in [-0.15, -0.1) is 5.10 Å². The molecule has 1 aromatic carbocycles. The molecular formula is C17H18BrN3O7S. The molecule has 1 aliphatic heterocycles. The zero-order valence-electron chi connectivity index (χ0n) is 15.5. The Morgan fingerprint density at radius 1 is 1.34 bits per heavy atom. The van der Waals surface area contributed by atoms with Crippen molar-refractivity contribution in [1.82, 2.24) is 5.32 Å². The lowest BCUT2D eigenvalue weighted by molar-refractivity contribution is -0.141. The highest BCUT2D eigenvalue weighted by molar-refractivity contribution is 9.10. The van der Waals surface area contributed by atoms with Gasteiger partial charge in [-0.1, -0.05) is 11.8 Å². The molecule has 1 aromatic rings. The maximum atomic E-state index is 11.7. The van der Waals surface area contributed by atoms with Gasteiger partial charge in [0.25, 0.3) is 0 Å². The molecule has 2 rings (SSSR count). The summed E-state index contributed by atoms with van der Waals surface area (Å²) >= 11 is 4.41. The van der Waals surface area contributed by atoms with E-state index >= 15 is 0 Å². The number of amides is 1. The molecule has 10 nitrogen and oxygen atoms in total. The summed E-state index contributed by atoms with van der Waals surface area (Å²) in [5.41, 5.74) is 0.634. The topological polar surface area (TPSA) is 136 Å². The fraction of sp³-hybridized carbons (Fsp3) is 0.353. The van der Waals surface area contributed by atoms with Crippen LogP contribution in [0.4, 0.5) is 0 Å². The van der Waals surface area contributed by atoms with Crippen LogP contribution in [0.2, 0.25) is 0 Å². The Hall–Kier alpha value is -2.60. The van der Waals surface area contributed by atoms with Crippen LogP contribution in [0, 0.1) is 0 Å². The summed E-state index contributed by atoms with van der Waals surface area (Å²) in [4.78, 5) is 33.2. The number of carbonyl (C=O) groups excluding carboxylic acids is 2. The van der Waals surface area contributed by atoms with Crippen molar-refractivity contribution in [2.45, 2.75) is 18.6 Å². The van der Waals surface area contributed by atoms with Crippen LogP contribution in [0.25, 0.3) is 0 Å². The van der Waals surface area contributed by atoms with Crippen LogP contribution in [0.15, 0.2) is 26.8 Å². The highest BCUT2D eigenvalue weighted by Gasteiger charge is 2.32. The highest BCUT2D eigenvalue weighted by atomic mass is 79.9. The normalized spacial score (nSPS) is 17.4. The van der Waals surface area contributed by atoms with Crippen molar-refractivity contribution in [3.63, 3.8) is 0 Å². The molecule has 0 aromatic heterocycles. The number of halogens is 1. The number of esters is 1. The average molecular weight is 488 g/mol. The second-order valence-corrected chi connectivity index (χ2v) is 7.60. The van der Waals surface area contributed by atoms with Crippen LogP contribution in [0.3, 0.4) is 0 Å². The Kier molecular flexibility index (Phi) is 8.46. The second kappa shape index (κ2) is 10.8. The number of amidine groups is 1. The molecule has 1 atom stereocenters. The van der Waals surface area contributed by atoms with Gasteiger partial charge in [-0.3, -0.25) is 14.4 Å². The fourth-order valence-corrected chi connectivity index (χ4v) is 3.49. The molecule has 2 N–H and O–H groups in total. The second-order valence-electron chi connectivity index (χ2n) is 5.56. The van der Waals surface area contributed by atoms with E-state index in [1.54, 1.807) is 12.1 Å². The predicted octanol–water partition coefficient (Wildman–Crippen LogP) is 1.80. The number of methoxy groups -OCH3 is 1. The largest absolute Gasteiger partial charge is 0.493 e. The molecule has 0 bridgehead atoms. The van der Waals surface area contributed by atoms with Gasteiger partial charge < -0.3 is 24.6 Å². The summed E-state index contributed by atoms with van der Waals surface area (Å²) in [6.45, 7) is 1.59. The fourth-order valence-electron chi connectivity index (χ4n) is 2.15. The van der Waals surface area contributed by atoms with Crippen molar-refractivity contribution in [1.29, 1.82) is 0 Å². The van der Waals surface area contributed by atoms with E-state index in [4.69, 9.17) is 19.3 Å². The third-order valence-corrected chi connectivity index (χ3v) is 5.17. The first-order valence-electron chi connectivity index (χ1n) is 8.24. The molecule has 1 fully saturated rings. The van der Waals surface area contributed by atoms with E-state index in [0.717, 1.165) is 11.8 Å². The zero-order valence-corrected chi connectivity index (χ0v) is 17.9. The lowest BCUT2D eigenvalue weighted by Crippen LogP contribution is -2.26. The number of benzene rings is 1. The first-order chi connectivity index (χ1) is 13.8. The molecule has 1 unspecified atom stereocenters. The van der Waals surface area contributed by atoms with Crippen LogP contribution in [-0.4, -0.2) is 59.9 Å². The SMILES string of the molecule is COc1cc(C=NN=C2NC(=O)C(CC(=O)O)S2)c(Br)cc1OCCOC(C)=O. The minimum Gasteiger partial charge on any atom is -0.493 e. The van der Waals surface area contributed by atoms with Crippen LogP contribution in [0.5, 0.6) is 11.5 Å². The number of aliphatic carboxylic acids is 1. The Bertz CT molecular complexity index is 860. The van der Waals surface area contributed by atoms with Crippen molar-refractivity contribution in [2.75, 3.05) is 20.3 Å². The van der Waals surface area contributed by atoms with E-state index in [9.17, 15) is 14.4 Å². The first-order valence-corrected chi connectivity index (χ1v) is 9.91. The number of carboxylic acids is 1. The Morgan fingerprint density at radius 2 is 2.10 bits per heavy atom.